The molecule has 0 radical (unpaired) electrons. The maximum atomic E-state index is 11.7. The predicted octanol–water partition coefficient (Wildman–Crippen LogP) is 2.34. The molecule has 1 rings (SSSR count). The molecule has 0 bridgehead atoms. The number of aromatic nitrogens is 2. The van der Waals surface area contributed by atoms with Gasteiger partial charge in [0.25, 0.3) is 0 Å². The van der Waals surface area contributed by atoms with Crippen LogP contribution in [0.3, 0.4) is 0 Å². The molecule has 0 saturated heterocycles. The molecule has 108 valence electrons. The summed E-state index contributed by atoms with van der Waals surface area (Å²) < 4.78 is 1.46. The third-order valence-electron chi connectivity index (χ3n) is 3.10. The van der Waals surface area contributed by atoms with Gasteiger partial charge in [-0.1, -0.05) is 26.7 Å². The summed E-state index contributed by atoms with van der Waals surface area (Å²) in [5.74, 6) is 0. The summed E-state index contributed by atoms with van der Waals surface area (Å²) in [7, 11) is 0. The maximum absolute atomic E-state index is 11.7. The molecule has 1 heterocycles. The molecule has 19 heavy (non-hydrogen) atoms. The summed E-state index contributed by atoms with van der Waals surface area (Å²) >= 11 is 0. The molecule has 5 nitrogen and oxygen atoms in total. The Balaban J connectivity index is 2.24. The number of nitrogens with zero attached hydrogens (tertiary/aromatic N) is 3. The number of amides is 1. The van der Waals surface area contributed by atoms with E-state index in [0.29, 0.717) is 6.54 Å². The van der Waals surface area contributed by atoms with Crippen LogP contribution in [0.1, 0.15) is 39.5 Å². The summed E-state index contributed by atoms with van der Waals surface area (Å²) in [6.07, 6.45) is 9.64. The van der Waals surface area contributed by atoms with E-state index in [1.54, 1.807) is 12.4 Å². The lowest BCUT2D eigenvalue weighted by molar-refractivity contribution is 0.234. The van der Waals surface area contributed by atoms with Crippen LogP contribution in [0.25, 0.3) is 0 Å². The fourth-order valence-electron chi connectivity index (χ4n) is 1.89. The molecular formula is C14H26N4O. The summed E-state index contributed by atoms with van der Waals surface area (Å²) in [6.45, 7) is 8.26. The first-order valence-electron chi connectivity index (χ1n) is 7.26. The van der Waals surface area contributed by atoms with Crippen molar-refractivity contribution in [2.45, 2.75) is 39.5 Å². The topological polar surface area (TPSA) is 50.2 Å². The van der Waals surface area contributed by atoms with Crippen LogP contribution >= 0.6 is 0 Å². The molecule has 0 fully saturated rings. The molecular weight excluding hydrogens is 240 g/mol. The van der Waals surface area contributed by atoms with Crippen LogP contribution in [-0.2, 0) is 0 Å². The smallest absolute Gasteiger partial charge is 0.326 e. The molecule has 1 amide bonds. The lowest BCUT2D eigenvalue weighted by Crippen LogP contribution is -2.37. The van der Waals surface area contributed by atoms with Gasteiger partial charge in [-0.05, 0) is 25.9 Å². The number of carbonyl (C=O) groups excluding carboxylic acids is 1. The van der Waals surface area contributed by atoms with E-state index in [0.717, 1.165) is 19.6 Å². The van der Waals surface area contributed by atoms with Crippen molar-refractivity contribution in [1.29, 1.82) is 0 Å². The minimum Gasteiger partial charge on any atom is -0.336 e. The number of hydrogen-bond acceptors (Lipinski definition) is 3. The highest BCUT2D eigenvalue weighted by atomic mass is 16.2. The predicted molar refractivity (Wildman–Crippen MR) is 77.3 cm³/mol. The first-order chi connectivity index (χ1) is 9.27. The summed E-state index contributed by atoms with van der Waals surface area (Å²) in [5.41, 5.74) is 0. The lowest BCUT2D eigenvalue weighted by atomic mass is 10.2. The van der Waals surface area contributed by atoms with E-state index in [9.17, 15) is 4.79 Å². The number of carbonyl (C=O) groups is 1. The number of rotatable bonds is 9. The standard InChI is InChI=1S/C14H26N4O/c1-3-5-9-17(10-6-4-2)11-8-16-14(19)18-12-7-15-13-18/h7,12-13H,3-6,8-11H2,1-2H3,(H,16,19). The Labute approximate surface area is 116 Å². The number of hydrogen-bond donors (Lipinski definition) is 1. The Morgan fingerprint density at radius 3 is 2.42 bits per heavy atom. The van der Waals surface area contributed by atoms with Gasteiger partial charge in [-0.15, -0.1) is 0 Å². The number of nitrogens with one attached hydrogen (secondary N) is 1. The average molecular weight is 266 g/mol. The highest BCUT2D eigenvalue weighted by molar-refractivity contribution is 5.76. The molecule has 1 N–H and O–H groups in total. The molecule has 0 aromatic carbocycles. The van der Waals surface area contributed by atoms with E-state index in [1.807, 2.05) is 0 Å². The second-order valence-electron chi connectivity index (χ2n) is 4.75. The first-order valence-corrected chi connectivity index (χ1v) is 7.26. The van der Waals surface area contributed by atoms with Gasteiger partial charge in [0.05, 0.1) is 0 Å². The molecule has 1 aromatic rings. The third-order valence-corrected chi connectivity index (χ3v) is 3.10. The fraction of sp³-hybridized carbons (Fsp3) is 0.714. The van der Waals surface area contributed by atoms with E-state index < -0.39 is 0 Å². The minimum atomic E-state index is -0.108. The molecule has 5 heteroatoms. The van der Waals surface area contributed by atoms with E-state index in [-0.39, 0.29) is 6.03 Å². The van der Waals surface area contributed by atoms with Crippen LogP contribution in [0.2, 0.25) is 0 Å². The molecule has 0 atom stereocenters. The van der Waals surface area contributed by atoms with E-state index in [2.05, 4.69) is 29.0 Å². The van der Waals surface area contributed by atoms with Crippen molar-refractivity contribution < 1.29 is 4.79 Å². The SMILES string of the molecule is CCCCN(CCCC)CCNC(=O)n1ccnc1. The van der Waals surface area contributed by atoms with Gasteiger partial charge < -0.3 is 10.2 Å². The van der Waals surface area contributed by atoms with Crippen LogP contribution < -0.4 is 5.32 Å². The first kappa shape index (κ1) is 15.7. The Kier molecular flexibility index (Phi) is 7.89. The maximum Gasteiger partial charge on any atom is 0.326 e. The van der Waals surface area contributed by atoms with Gasteiger partial charge >= 0.3 is 6.03 Å². The monoisotopic (exact) mass is 266 g/mol. The van der Waals surface area contributed by atoms with Gasteiger partial charge in [0, 0.05) is 25.5 Å². The number of imidazole rings is 1. The zero-order valence-electron chi connectivity index (χ0n) is 12.1. The number of unbranched alkanes of at least 4 members (excludes halogenated alkanes) is 2. The van der Waals surface area contributed by atoms with Crippen molar-refractivity contribution in [2.24, 2.45) is 0 Å². The highest BCUT2D eigenvalue weighted by Gasteiger charge is 2.06. The normalized spacial score (nSPS) is 10.9. The van der Waals surface area contributed by atoms with Crippen molar-refractivity contribution in [3.05, 3.63) is 18.7 Å². The van der Waals surface area contributed by atoms with E-state index in [1.165, 1.54) is 36.6 Å². The molecule has 0 aliphatic rings. The molecule has 1 aromatic heterocycles. The second-order valence-corrected chi connectivity index (χ2v) is 4.75. The second kappa shape index (κ2) is 9.55. The van der Waals surface area contributed by atoms with Gasteiger partial charge in [-0.2, -0.15) is 0 Å². The van der Waals surface area contributed by atoms with Crippen LogP contribution in [0, 0.1) is 0 Å². The molecule has 0 saturated carbocycles. The van der Waals surface area contributed by atoms with Crippen molar-refractivity contribution in [1.82, 2.24) is 19.8 Å². The van der Waals surface area contributed by atoms with Gasteiger partial charge in [0.15, 0.2) is 0 Å². The summed E-state index contributed by atoms with van der Waals surface area (Å²) in [6, 6.07) is -0.108. The zero-order chi connectivity index (χ0) is 13.9. The molecule has 0 unspecified atom stereocenters. The quantitative estimate of drug-likeness (QED) is 0.746. The van der Waals surface area contributed by atoms with Crippen molar-refractivity contribution in [3.8, 4) is 0 Å². The van der Waals surface area contributed by atoms with Gasteiger partial charge in [0.2, 0.25) is 0 Å². The zero-order valence-corrected chi connectivity index (χ0v) is 12.1. The van der Waals surface area contributed by atoms with Crippen LogP contribution in [0.5, 0.6) is 0 Å². The van der Waals surface area contributed by atoms with Crippen molar-refractivity contribution in [3.63, 3.8) is 0 Å². The van der Waals surface area contributed by atoms with E-state index in [4.69, 9.17) is 0 Å². The largest absolute Gasteiger partial charge is 0.336 e. The van der Waals surface area contributed by atoms with Gasteiger partial charge in [-0.25, -0.2) is 9.78 Å². The Morgan fingerprint density at radius 1 is 1.21 bits per heavy atom. The van der Waals surface area contributed by atoms with Crippen molar-refractivity contribution in [2.75, 3.05) is 26.2 Å². The van der Waals surface area contributed by atoms with Crippen LogP contribution in [0.15, 0.2) is 18.7 Å². The Bertz CT molecular complexity index is 329. The molecule has 0 spiro atoms. The summed E-state index contributed by atoms with van der Waals surface area (Å²) in [4.78, 5) is 18.0. The molecule has 0 aliphatic carbocycles. The van der Waals surface area contributed by atoms with E-state index >= 15 is 0 Å². The van der Waals surface area contributed by atoms with Crippen LogP contribution in [-0.4, -0.2) is 46.7 Å². The fourth-order valence-corrected chi connectivity index (χ4v) is 1.89. The lowest BCUT2D eigenvalue weighted by Gasteiger charge is -2.22. The molecule has 0 aliphatic heterocycles. The Morgan fingerprint density at radius 2 is 1.89 bits per heavy atom. The average Bonchev–Trinajstić information content (AvgIpc) is 2.95. The Hall–Kier alpha value is -1.36. The third kappa shape index (κ3) is 6.38. The van der Waals surface area contributed by atoms with Crippen LogP contribution in [0.4, 0.5) is 4.79 Å². The minimum absolute atomic E-state index is 0.108. The van der Waals surface area contributed by atoms with Gasteiger partial charge in [-0.3, -0.25) is 4.57 Å². The van der Waals surface area contributed by atoms with Crippen molar-refractivity contribution >= 4 is 6.03 Å². The highest BCUT2D eigenvalue weighted by Crippen LogP contribution is 1.98. The van der Waals surface area contributed by atoms with Gasteiger partial charge in [0.1, 0.15) is 6.33 Å². The summed E-state index contributed by atoms with van der Waals surface area (Å²) in [5, 5.41) is 2.91.